The Morgan fingerprint density at radius 3 is 2.65 bits per heavy atom. The van der Waals surface area contributed by atoms with Crippen molar-refractivity contribution in [1.82, 2.24) is 15.1 Å². The second-order valence-corrected chi connectivity index (χ2v) is 5.39. The summed E-state index contributed by atoms with van der Waals surface area (Å²) in [5, 5.41) is 8.79. The predicted octanol–water partition coefficient (Wildman–Crippen LogP) is 2.52. The van der Waals surface area contributed by atoms with Crippen molar-refractivity contribution in [3.63, 3.8) is 0 Å². The van der Waals surface area contributed by atoms with E-state index in [4.69, 9.17) is 11.6 Å². The molecule has 1 aromatic heterocycles. The average Bonchev–Trinajstić information content (AvgIpc) is 2.57. The topological polar surface area (TPSA) is 29.9 Å². The Morgan fingerprint density at radius 1 is 1.47 bits per heavy atom. The molecule has 0 aliphatic carbocycles. The minimum absolute atomic E-state index is 0.465. The van der Waals surface area contributed by atoms with E-state index in [1.54, 1.807) is 0 Å². The smallest absolute Gasteiger partial charge is 0.0850 e. The molecule has 1 unspecified atom stereocenters. The van der Waals surface area contributed by atoms with Crippen molar-refractivity contribution in [3.05, 3.63) is 16.4 Å². The molecule has 0 radical (unpaired) electrons. The Kier molecular flexibility index (Phi) is 6.38. The van der Waals surface area contributed by atoms with E-state index in [0.717, 1.165) is 41.5 Å². The molecule has 0 saturated heterocycles. The van der Waals surface area contributed by atoms with Gasteiger partial charge in [-0.3, -0.25) is 4.68 Å². The van der Waals surface area contributed by atoms with E-state index in [9.17, 15) is 0 Å². The van der Waals surface area contributed by atoms with Crippen LogP contribution in [0.15, 0.2) is 0 Å². The first kappa shape index (κ1) is 14.9. The molecule has 1 rings (SSSR count). The number of likely N-dealkylation sites (N-methyl/N-ethyl adjacent to an activating group) is 1. The lowest BCUT2D eigenvalue weighted by Gasteiger charge is -2.16. The van der Waals surface area contributed by atoms with E-state index >= 15 is 0 Å². The minimum Gasteiger partial charge on any atom is -0.313 e. The molecule has 0 saturated carbocycles. The maximum atomic E-state index is 6.36. The molecule has 1 heterocycles. The van der Waals surface area contributed by atoms with Crippen molar-refractivity contribution in [3.8, 4) is 0 Å². The van der Waals surface area contributed by atoms with Crippen LogP contribution in [0.5, 0.6) is 0 Å². The molecule has 0 aliphatic rings. The van der Waals surface area contributed by atoms with E-state index in [1.165, 1.54) is 0 Å². The molecular weight excluding hydrogens is 254 g/mol. The van der Waals surface area contributed by atoms with Crippen molar-refractivity contribution >= 4 is 23.4 Å². The summed E-state index contributed by atoms with van der Waals surface area (Å²) in [7, 11) is 1.97. The molecule has 0 spiro atoms. The minimum atomic E-state index is 0.465. The first-order chi connectivity index (χ1) is 8.13. The molecule has 1 N–H and O–H groups in total. The third kappa shape index (κ3) is 3.90. The quantitative estimate of drug-likeness (QED) is 0.829. The van der Waals surface area contributed by atoms with Crippen LogP contribution in [0, 0.1) is 0 Å². The summed E-state index contributed by atoms with van der Waals surface area (Å²) in [6.45, 7) is 5.21. The maximum Gasteiger partial charge on any atom is 0.0850 e. The largest absolute Gasteiger partial charge is 0.313 e. The highest BCUT2D eigenvalue weighted by atomic mass is 35.5. The number of halogens is 1. The van der Waals surface area contributed by atoms with E-state index in [2.05, 4.69) is 30.5 Å². The number of nitrogens with zero attached hydrogens (tertiary/aromatic N) is 2. The Bertz CT molecular complexity index is 346. The van der Waals surface area contributed by atoms with Crippen molar-refractivity contribution in [2.75, 3.05) is 18.6 Å². The monoisotopic (exact) mass is 275 g/mol. The van der Waals surface area contributed by atoms with E-state index < -0.39 is 0 Å². The van der Waals surface area contributed by atoms with Gasteiger partial charge in [0.25, 0.3) is 0 Å². The van der Waals surface area contributed by atoms with E-state index in [0.29, 0.717) is 6.04 Å². The zero-order chi connectivity index (χ0) is 12.8. The Hall–Kier alpha value is -0.190. The number of rotatable bonds is 7. The molecule has 17 heavy (non-hydrogen) atoms. The van der Waals surface area contributed by atoms with Crippen LogP contribution in [-0.2, 0) is 19.9 Å². The van der Waals surface area contributed by atoms with Crippen LogP contribution in [0.3, 0.4) is 0 Å². The SMILES string of the molecule is CCNC(CSC)Cc1c(Cl)c(CC)nn1C. The molecule has 5 heteroatoms. The van der Waals surface area contributed by atoms with Gasteiger partial charge in [0.1, 0.15) is 0 Å². The highest BCUT2D eigenvalue weighted by Crippen LogP contribution is 2.22. The normalized spacial score (nSPS) is 13.0. The van der Waals surface area contributed by atoms with E-state index in [1.807, 2.05) is 23.5 Å². The fourth-order valence-electron chi connectivity index (χ4n) is 1.95. The second-order valence-electron chi connectivity index (χ2n) is 4.10. The summed E-state index contributed by atoms with van der Waals surface area (Å²) in [4.78, 5) is 0. The second kappa shape index (κ2) is 7.29. The van der Waals surface area contributed by atoms with Crippen molar-refractivity contribution in [1.29, 1.82) is 0 Å². The highest BCUT2D eigenvalue weighted by Gasteiger charge is 2.17. The molecule has 0 aromatic carbocycles. The number of nitrogens with one attached hydrogen (secondary N) is 1. The summed E-state index contributed by atoms with van der Waals surface area (Å²) in [6, 6.07) is 0.465. The van der Waals surface area contributed by atoms with Gasteiger partial charge >= 0.3 is 0 Å². The van der Waals surface area contributed by atoms with Crippen LogP contribution in [0.4, 0.5) is 0 Å². The number of hydrogen-bond donors (Lipinski definition) is 1. The van der Waals surface area contributed by atoms with Crippen molar-refractivity contribution in [2.45, 2.75) is 32.7 Å². The Labute approximate surface area is 113 Å². The molecule has 0 amide bonds. The first-order valence-corrected chi connectivity index (χ1v) is 7.83. The van der Waals surface area contributed by atoms with Crippen LogP contribution in [0.1, 0.15) is 25.2 Å². The van der Waals surface area contributed by atoms with Crippen LogP contribution in [0.25, 0.3) is 0 Å². The van der Waals surface area contributed by atoms with Gasteiger partial charge < -0.3 is 5.32 Å². The summed E-state index contributed by atoms with van der Waals surface area (Å²) in [5.41, 5.74) is 2.15. The van der Waals surface area contributed by atoms with Gasteiger partial charge in [-0.05, 0) is 19.2 Å². The van der Waals surface area contributed by atoms with Gasteiger partial charge in [0.15, 0.2) is 0 Å². The van der Waals surface area contributed by atoms with Crippen LogP contribution >= 0.6 is 23.4 Å². The van der Waals surface area contributed by atoms with E-state index in [-0.39, 0.29) is 0 Å². The molecule has 98 valence electrons. The molecule has 3 nitrogen and oxygen atoms in total. The average molecular weight is 276 g/mol. The molecule has 1 aromatic rings. The third-order valence-electron chi connectivity index (χ3n) is 2.80. The van der Waals surface area contributed by atoms with Crippen LogP contribution in [-0.4, -0.2) is 34.4 Å². The standard InChI is InChI=1S/C12H22ClN3S/c1-5-10-12(13)11(16(3)15-10)7-9(8-17-4)14-6-2/h9,14H,5-8H2,1-4H3. The number of thioether (sulfide) groups is 1. The lowest BCUT2D eigenvalue weighted by atomic mass is 10.1. The Balaban J connectivity index is 2.80. The van der Waals surface area contributed by atoms with Crippen molar-refractivity contribution < 1.29 is 0 Å². The molecule has 0 fully saturated rings. The van der Waals surface area contributed by atoms with Gasteiger partial charge in [-0.2, -0.15) is 16.9 Å². The summed E-state index contributed by atoms with van der Waals surface area (Å²) < 4.78 is 1.92. The fourth-order valence-corrected chi connectivity index (χ4v) is 2.96. The molecule has 0 aliphatic heterocycles. The zero-order valence-electron chi connectivity index (χ0n) is 11.1. The number of hydrogen-bond acceptors (Lipinski definition) is 3. The summed E-state index contributed by atoms with van der Waals surface area (Å²) in [6.07, 6.45) is 3.96. The third-order valence-corrected chi connectivity index (χ3v) is 3.98. The van der Waals surface area contributed by atoms with Gasteiger partial charge in [0, 0.05) is 25.3 Å². The first-order valence-electron chi connectivity index (χ1n) is 6.06. The van der Waals surface area contributed by atoms with Gasteiger partial charge in [-0.25, -0.2) is 0 Å². The Morgan fingerprint density at radius 2 is 2.18 bits per heavy atom. The molecule has 0 bridgehead atoms. The van der Waals surface area contributed by atoms with Crippen LogP contribution < -0.4 is 5.32 Å². The van der Waals surface area contributed by atoms with Crippen molar-refractivity contribution in [2.24, 2.45) is 7.05 Å². The van der Waals surface area contributed by atoms with Crippen LogP contribution in [0.2, 0.25) is 5.02 Å². The summed E-state index contributed by atoms with van der Waals surface area (Å²) in [5.74, 6) is 1.09. The van der Waals surface area contributed by atoms with Gasteiger partial charge in [-0.1, -0.05) is 25.4 Å². The maximum absolute atomic E-state index is 6.36. The predicted molar refractivity (Wildman–Crippen MR) is 77.1 cm³/mol. The van der Waals surface area contributed by atoms with Gasteiger partial charge in [0.2, 0.25) is 0 Å². The summed E-state index contributed by atoms with van der Waals surface area (Å²) >= 11 is 8.21. The lowest BCUT2D eigenvalue weighted by molar-refractivity contribution is 0.549. The number of aryl methyl sites for hydroxylation is 2. The van der Waals surface area contributed by atoms with Gasteiger partial charge in [-0.15, -0.1) is 0 Å². The molecule has 1 atom stereocenters. The lowest BCUT2D eigenvalue weighted by Crippen LogP contribution is -2.33. The molecular formula is C12H22ClN3S. The number of aromatic nitrogens is 2. The fraction of sp³-hybridized carbons (Fsp3) is 0.750. The highest BCUT2D eigenvalue weighted by molar-refractivity contribution is 7.98. The zero-order valence-corrected chi connectivity index (χ0v) is 12.7. The van der Waals surface area contributed by atoms with Gasteiger partial charge in [0.05, 0.1) is 16.4 Å².